The van der Waals surface area contributed by atoms with Gasteiger partial charge in [-0.05, 0) is 49.4 Å². The van der Waals surface area contributed by atoms with Crippen LogP contribution < -0.4 is 4.74 Å². The number of hydrogen-bond acceptors (Lipinski definition) is 5. The lowest BCUT2D eigenvalue weighted by Crippen LogP contribution is -2.44. The van der Waals surface area contributed by atoms with Gasteiger partial charge in [0.1, 0.15) is 12.3 Å². The summed E-state index contributed by atoms with van der Waals surface area (Å²) >= 11 is 1.64. The molecular weight excluding hydrogens is 396 g/mol. The molecule has 0 radical (unpaired) electrons. The fraction of sp³-hybridized carbons (Fsp3) is 0.435. The number of nitrogens with zero attached hydrogens (tertiary/aromatic N) is 4. The summed E-state index contributed by atoms with van der Waals surface area (Å²) in [7, 11) is 1.68. The van der Waals surface area contributed by atoms with Crippen LogP contribution in [0.2, 0.25) is 0 Å². The predicted molar refractivity (Wildman–Crippen MR) is 120 cm³/mol. The first-order valence-electron chi connectivity index (χ1n) is 10.5. The molecule has 0 bridgehead atoms. The second kappa shape index (κ2) is 9.51. The zero-order valence-corrected chi connectivity index (χ0v) is 18.4. The number of fused-ring (bicyclic) bond motifs is 1. The van der Waals surface area contributed by atoms with E-state index in [1.807, 2.05) is 28.8 Å². The number of ether oxygens (including phenoxy) is 1. The number of carbonyl (C=O) groups excluding carboxylic acids is 1. The molecule has 0 unspecified atom stereocenters. The number of carbonyl (C=O) groups is 1. The Morgan fingerprint density at radius 3 is 3.03 bits per heavy atom. The summed E-state index contributed by atoms with van der Waals surface area (Å²) < 4.78 is 7.36. The first-order valence-corrected chi connectivity index (χ1v) is 11.5. The van der Waals surface area contributed by atoms with E-state index in [0.29, 0.717) is 12.6 Å². The Kier molecular flexibility index (Phi) is 6.57. The van der Waals surface area contributed by atoms with Gasteiger partial charge in [-0.1, -0.05) is 30.8 Å². The van der Waals surface area contributed by atoms with E-state index < -0.39 is 0 Å². The molecule has 1 atom stereocenters. The lowest BCUT2D eigenvalue weighted by atomic mass is 10.00. The van der Waals surface area contributed by atoms with Crippen molar-refractivity contribution in [3.05, 3.63) is 48.3 Å². The molecule has 1 fully saturated rings. The van der Waals surface area contributed by atoms with E-state index in [0.717, 1.165) is 59.1 Å². The van der Waals surface area contributed by atoms with Gasteiger partial charge in [0, 0.05) is 24.5 Å². The molecule has 0 N–H and O–H groups in total. The summed E-state index contributed by atoms with van der Waals surface area (Å²) in [5.74, 6) is 1.77. The van der Waals surface area contributed by atoms with E-state index >= 15 is 0 Å². The molecule has 7 heteroatoms. The van der Waals surface area contributed by atoms with Crippen molar-refractivity contribution in [2.75, 3.05) is 13.7 Å². The van der Waals surface area contributed by atoms with Crippen molar-refractivity contribution in [3.63, 3.8) is 0 Å². The van der Waals surface area contributed by atoms with Gasteiger partial charge in [0.25, 0.3) is 0 Å². The number of thioether (sulfide) groups is 1. The van der Waals surface area contributed by atoms with Gasteiger partial charge in [0.05, 0.1) is 24.3 Å². The normalized spacial score (nSPS) is 16.7. The Bertz CT molecular complexity index is 1020. The second-order valence-corrected chi connectivity index (χ2v) is 8.57. The van der Waals surface area contributed by atoms with E-state index in [-0.39, 0.29) is 5.91 Å². The van der Waals surface area contributed by atoms with Crippen LogP contribution in [0.25, 0.3) is 11.0 Å². The van der Waals surface area contributed by atoms with Gasteiger partial charge in [0.2, 0.25) is 5.91 Å². The minimum atomic E-state index is 0.174. The minimum absolute atomic E-state index is 0.174. The quantitative estimate of drug-likeness (QED) is 0.522. The number of hydrogen-bond donors (Lipinski definition) is 0. The number of piperidine rings is 1. The van der Waals surface area contributed by atoms with Crippen LogP contribution in [-0.4, -0.2) is 45.0 Å². The van der Waals surface area contributed by atoms with Crippen LogP contribution in [0.4, 0.5) is 0 Å². The summed E-state index contributed by atoms with van der Waals surface area (Å²) in [6, 6.07) is 10.3. The molecule has 0 aliphatic carbocycles. The molecule has 1 saturated heterocycles. The van der Waals surface area contributed by atoms with Crippen LogP contribution in [0.3, 0.4) is 0 Å². The third-order valence-corrected chi connectivity index (χ3v) is 6.78. The summed E-state index contributed by atoms with van der Waals surface area (Å²) in [6.45, 7) is 3.33. The van der Waals surface area contributed by atoms with E-state index in [1.165, 1.54) is 6.42 Å². The molecule has 0 saturated carbocycles. The molecule has 3 aromatic rings. The van der Waals surface area contributed by atoms with Crippen molar-refractivity contribution < 1.29 is 9.53 Å². The van der Waals surface area contributed by atoms with Gasteiger partial charge in [-0.3, -0.25) is 9.78 Å². The topological polar surface area (TPSA) is 60.2 Å². The Labute approximate surface area is 181 Å². The molecule has 4 rings (SSSR count). The van der Waals surface area contributed by atoms with Crippen molar-refractivity contribution >= 4 is 28.7 Å². The number of aromatic nitrogens is 3. The number of methoxy groups -OCH3 is 1. The summed E-state index contributed by atoms with van der Waals surface area (Å²) in [6.07, 6.45) is 7.96. The van der Waals surface area contributed by atoms with Crippen LogP contribution in [-0.2, 0) is 17.1 Å². The highest BCUT2D eigenvalue weighted by molar-refractivity contribution is 7.98. The largest absolute Gasteiger partial charge is 0.497 e. The first kappa shape index (κ1) is 20.7. The van der Waals surface area contributed by atoms with E-state index in [9.17, 15) is 4.79 Å². The van der Waals surface area contributed by atoms with E-state index in [4.69, 9.17) is 9.72 Å². The van der Waals surface area contributed by atoms with Gasteiger partial charge < -0.3 is 14.2 Å². The first-order chi connectivity index (χ1) is 14.7. The maximum atomic E-state index is 13.2. The zero-order valence-electron chi connectivity index (χ0n) is 17.6. The van der Waals surface area contributed by atoms with Crippen molar-refractivity contribution in [3.8, 4) is 5.75 Å². The Morgan fingerprint density at radius 2 is 2.20 bits per heavy atom. The number of rotatable bonds is 7. The average molecular weight is 425 g/mol. The highest BCUT2D eigenvalue weighted by Crippen LogP contribution is 2.28. The van der Waals surface area contributed by atoms with Crippen molar-refractivity contribution in [2.24, 2.45) is 0 Å². The van der Waals surface area contributed by atoms with Gasteiger partial charge in [-0.25, -0.2) is 4.98 Å². The molecule has 1 aromatic carbocycles. The van der Waals surface area contributed by atoms with Crippen molar-refractivity contribution in [1.82, 2.24) is 19.4 Å². The standard InChI is InChI=1S/C23H28N4O2S/c1-3-18-8-4-5-12-26(18)22(28)15-27-21-14-24-11-10-20(21)25-23(27)30-16-17-7-6-9-19(13-17)29-2/h6-7,9-11,13-14,18H,3-5,8,12,15-16H2,1-2H3/t18-/m0/s1. The van der Waals surface area contributed by atoms with Crippen molar-refractivity contribution in [1.29, 1.82) is 0 Å². The molecule has 0 spiro atoms. The second-order valence-electron chi connectivity index (χ2n) is 7.63. The molecule has 158 valence electrons. The molecule has 1 amide bonds. The molecule has 3 heterocycles. The van der Waals surface area contributed by atoms with E-state index in [1.54, 1.807) is 31.3 Å². The Hall–Kier alpha value is -2.54. The molecule has 1 aliphatic heterocycles. The Balaban J connectivity index is 1.57. The fourth-order valence-electron chi connectivity index (χ4n) is 4.10. The van der Waals surface area contributed by atoms with Crippen LogP contribution in [0.1, 0.15) is 38.2 Å². The molecule has 30 heavy (non-hydrogen) atoms. The van der Waals surface area contributed by atoms with E-state index in [2.05, 4.69) is 22.9 Å². The molecule has 6 nitrogen and oxygen atoms in total. The molecular formula is C23H28N4O2S. The highest BCUT2D eigenvalue weighted by atomic mass is 32.2. The van der Waals surface area contributed by atoms with Crippen LogP contribution >= 0.6 is 11.8 Å². The maximum Gasteiger partial charge on any atom is 0.242 e. The highest BCUT2D eigenvalue weighted by Gasteiger charge is 2.26. The smallest absolute Gasteiger partial charge is 0.242 e. The number of benzene rings is 1. The maximum absolute atomic E-state index is 13.2. The molecule has 1 aliphatic rings. The zero-order chi connectivity index (χ0) is 20.9. The van der Waals surface area contributed by atoms with Crippen LogP contribution in [0.15, 0.2) is 47.9 Å². The third-order valence-electron chi connectivity index (χ3n) is 5.73. The van der Waals surface area contributed by atoms with Gasteiger partial charge in [-0.2, -0.15) is 0 Å². The van der Waals surface area contributed by atoms with Crippen LogP contribution in [0.5, 0.6) is 5.75 Å². The predicted octanol–water partition coefficient (Wildman–Crippen LogP) is 4.52. The summed E-state index contributed by atoms with van der Waals surface area (Å²) in [5.41, 5.74) is 2.94. The number of pyridine rings is 1. The van der Waals surface area contributed by atoms with Gasteiger partial charge in [0.15, 0.2) is 5.16 Å². The number of likely N-dealkylation sites (tertiary alicyclic amines) is 1. The minimum Gasteiger partial charge on any atom is -0.497 e. The van der Waals surface area contributed by atoms with Gasteiger partial charge in [-0.15, -0.1) is 0 Å². The lowest BCUT2D eigenvalue weighted by Gasteiger charge is -2.35. The van der Waals surface area contributed by atoms with Crippen LogP contribution in [0, 0.1) is 0 Å². The van der Waals surface area contributed by atoms with Crippen molar-refractivity contribution in [2.45, 2.75) is 56.1 Å². The average Bonchev–Trinajstić information content (AvgIpc) is 3.15. The van der Waals surface area contributed by atoms with Gasteiger partial charge >= 0.3 is 0 Å². The number of amides is 1. The molecule has 2 aromatic heterocycles. The fourth-order valence-corrected chi connectivity index (χ4v) is 5.06. The summed E-state index contributed by atoms with van der Waals surface area (Å²) in [4.78, 5) is 24.4. The Morgan fingerprint density at radius 1 is 1.30 bits per heavy atom. The monoisotopic (exact) mass is 424 g/mol. The summed E-state index contributed by atoms with van der Waals surface area (Å²) in [5, 5.41) is 0.847. The third kappa shape index (κ3) is 4.46. The lowest BCUT2D eigenvalue weighted by molar-refractivity contribution is -0.135. The number of imidazole rings is 1. The SMILES string of the molecule is CC[C@H]1CCCCN1C(=O)Cn1c(SCc2cccc(OC)c2)nc2ccncc21.